The van der Waals surface area contributed by atoms with Crippen molar-refractivity contribution >= 4 is 75.0 Å². The number of likely N-dealkylation sites (tertiary alicyclic amines) is 1. The first kappa shape index (κ1) is 47.4. The van der Waals surface area contributed by atoms with Gasteiger partial charge in [-0.1, -0.05) is 55.1 Å². The molecule has 4 aromatic rings. The van der Waals surface area contributed by atoms with Crippen LogP contribution in [0.1, 0.15) is 92.1 Å². The molecule has 3 fully saturated rings. The second kappa shape index (κ2) is 19.4. The number of hydrogen-bond donors (Lipinski definition) is 1. The lowest BCUT2D eigenvalue weighted by atomic mass is 9.85. The summed E-state index contributed by atoms with van der Waals surface area (Å²) in [5, 5.41) is 2.43. The molecule has 3 atom stereocenters. The van der Waals surface area contributed by atoms with Crippen LogP contribution in [0.2, 0.25) is 5.02 Å². The van der Waals surface area contributed by atoms with Crippen LogP contribution in [0, 0.1) is 17.5 Å². The molecule has 13 nitrogen and oxygen atoms in total. The minimum Gasteiger partial charge on any atom is -0.493 e. The Morgan fingerprint density at radius 3 is 2.44 bits per heavy atom. The van der Waals surface area contributed by atoms with Crippen molar-refractivity contribution in [3.05, 3.63) is 93.4 Å². The summed E-state index contributed by atoms with van der Waals surface area (Å²) in [4.78, 5) is 77.1. The molecule has 5 aliphatic rings. The maximum atomic E-state index is 16.8. The quantitative estimate of drug-likeness (QED) is 0.0802. The molecule has 18 heteroatoms. The molecule has 0 aliphatic carbocycles. The van der Waals surface area contributed by atoms with E-state index in [2.05, 4.69) is 21.8 Å². The molecule has 1 aromatic heterocycles. The van der Waals surface area contributed by atoms with Crippen molar-refractivity contribution in [3.63, 3.8) is 0 Å². The van der Waals surface area contributed by atoms with Crippen molar-refractivity contribution < 1.29 is 41.9 Å². The van der Waals surface area contributed by atoms with Gasteiger partial charge >= 0.3 is 0 Å². The largest absolute Gasteiger partial charge is 0.493 e. The van der Waals surface area contributed by atoms with Crippen LogP contribution in [0.4, 0.5) is 24.5 Å². The number of piperidine rings is 2. The van der Waals surface area contributed by atoms with Crippen LogP contribution in [0.25, 0.3) is 22.0 Å². The Morgan fingerprint density at radius 1 is 0.941 bits per heavy atom. The van der Waals surface area contributed by atoms with E-state index in [0.29, 0.717) is 28.7 Å². The highest BCUT2D eigenvalue weighted by Crippen LogP contribution is 2.48. The molecule has 1 N–H and O–H groups in total. The highest BCUT2D eigenvalue weighted by molar-refractivity contribution is 6.41. The maximum absolute atomic E-state index is 16.8. The maximum Gasteiger partial charge on any atom is 0.265 e. The Morgan fingerprint density at radius 2 is 1.69 bits per heavy atom. The van der Waals surface area contributed by atoms with Crippen molar-refractivity contribution in [1.29, 1.82) is 0 Å². The van der Waals surface area contributed by atoms with Crippen molar-refractivity contribution in [2.75, 3.05) is 56.2 Å². The first-order valence-electron chi connectivity index (χ1n) is 23.2. The number of ether oxygens (including phenoxy) is 1. The number of carbonyl (C=O) groups is 5. The number of imide groups is 1. The number of nitrogens with one attached hydrogen (secondary N) is 1. The Hall–Kier alpha value is -5.71. The highest BCUT2D eigenvalue weighted by Gasteiger charge is 2.46. The van der Waals surface area contributed by atoms with Gasteiger partial charge in [0.25, 0.3) is 17.7 Å². The summed E-state index contributed by atoms with van der Waals surface area (Å²) >= 11 is 12.8. The fraction of sp³-hybridized carbons (Fsp3) is 0.440. The molecule has 3 saturated heterocycles. The van der Waals surface area contributed by atoms with Crippen molar-refractivity contribution in [2.24, 2.45) is 0 Å². The lowest BCUT2D eigenvalue weighted by molar-refractivity contribution is -0.137. The first-order valence-corrected chi connectivity index (χ1v) is 24.0. The summed E-state index contributed by atoms with van der Waals surface area (Å²) in [7, 11) is 1.59. The molecule has 5 aliphatic heterocycles. The summed E-state index contributed by atoms with van der Waals surface area (Å²) < 4.78 is 53.6. The van der Waals surface area contributed by atoms with Gasteiger partial charge in [0.15, 0.2) is 5.82 Å². The Bertz CT molecular complexity index is 2750. The molecular formula is C50H52Cl2F3N7O6. The Labute approximate surface area is 402 Å². The molecule has 358 valence electrons. The summed E-state index contributed by atoms with van der Waals surface area (Å²) in [5.41, 5.74) is 2.53. The molecule has 0 saturated carbocycles. The van der Waals surface area contributed by atoms with Crippen molar-refractivity contribution in [3.8, 4) is 16.9 Å². The minimum atomic E-state index is -0.835. The number of piperazine rings is 1. The predicted molar refractivity (Wildman–Crippen MR) is 252 cm³/mol. The van der Waals surface area contributed by atoms with E-state index in [0.717, 1.165) is 69.3 Å². The van der Waals surface area contributed by atoms with E-state index in [-0.39, 0.29) is 101 Å². The third-order valence-electron chi connectivity index (χ3n) is 14.3. The first-order chi connectivity index (χ1) is 32.6. The average Bonchev–Trinajstić information content (AvgIpc) is 3.63. The van der Waals surface area contributed by atoms with Gasteiger partial charge in [-0.2, -0.15) is 0 Å². The van der Waals surface area contributed by atoms with Crippen LogP contribution in [0.3, 0.4) is 0 Å². The predicted octanol–water partition coefficient (Wildman–Crippen LogP) is 8.08. The number of benzene rings is 3. The lowest BCUT2D eigenvalue weighted by Crippen LogP contribution is -2.65. The number of fused-ring (bicyclic) bond motifs is 6. The van der Waals surface area contributed by atoms with Gasteiger partial charge in [0.2, 0.25) is 11.8 Å². The van der Waals surface area contributed by atoms with E-state index in [1.54, 1.807) is 19.2 Å². The number of aromatic nitrogens is 1. The molecule has 5 amide bonds. The number of amides is 5. The summed E-state index contributed by atoms with van der Waals surface area (Å²) in [6.45, 7) is 8.77. The van der Waals surface area contributed by atoms with E-state index in [1.807, 2.05) is 11.8 Å². The molecule has 9 rings (SSSR count). The monoisotopic (exact) mass is 973 g/mol. The summed E-state index contributed by atoms with van der Waals surface area (Å²) in [5.74, 6) is -3.73. The third kappa shape index (κ3) is 8.79. The number of likely N-dealkylation sites (N-methyl/N-ethyl adjacent to an activating group) is 1. The molecule has 6 heterocycles. The van der Waals surface area contributed by atoms with Gasteiger partial charge < -0.3 is 29.2 Å². The number of unbranched alkanes of at least 4 members (excludes halogenated alkanes) is 4. The van der Waals surface area contributed by atoms with Gasteiger partial charge in [-0.25, -0.2) is 13.2 Å². The smallest absolute Gasteiger partial charge is 0.265 e. The molecular weight excluding hydrogens is 922 g/mol. The zero-order chi connectivity index (χ0) is 48.1. The second-order valence-corrected chi connectivity index (χ2v) is 19.3. The number of carbonyl (C=O) groups excluding carboxylic acids is 5. The molecule has 0 radical (unpaired) electrons. The van der Waals surface area contributed by atoms with Gasteiger partial charge in [0, 0.05) is 49.1 Å². The molecule has 68 heavy (non-hydrogen) atoms. The number of anilines is 2. The highest BCUT2D eigenvalue weighted by atomic mass is 35.5. The third-order valence-corrected chi connectivity index (χ3v) is 14.7. The van der Waals surface area contributed by atoms with E-state index in [1.165, 1.54) is 45.2 Å². The number of rotatable bonds is 13. The molecule has 0 spiro atoms. The van der Waals surface area contributed by atoms with Gasteiger partial charge in [-0.05, 0) is 106 Å². The van der Waals surface area contributed by atoms with Gasteiger partial charge in [0.1, 0.15) is 35.0 Å². The molecule has 0 bridgehead atoms. The lowest BCUT2D eigenvalue weighted by Gasteiger charge is -2.50. The van der Waals surface area contributed by atoms with E-state index < -0.39 is 41.3 Å². The Kier molecular flexibility index (Phi) is 13.5. The topological polar surface area (TPSA) is 136 Å². The fourth-order valence-electron chi connectivity index (χ4n) is 10.7. The van der Waals surface area contributed by atoms with Crippen LogP contribution in [-0.2, 0) is 25.7 Å². The van der Waals surface area contributed by atoms with Gasteiger partial charge in [0.05, 0.1) is 46.3 Å². The van der Waals surface area contributed by atoms with Crippen molar-refractivity contribution in [2.45, 2.75) is 95.3 Å². The van der Waals surface area contributed by atoms with Crippen LogP contribution < -0.4 is 19.9 Å². The fourth-order valence-corrected chi connectivity index (χ4v) is 11.1. The molecule has 1 unspecified atom stereocenters. The standard InChI is InChI=1S/C50H52Cl2F3N7O6/c1-27-24-61-39(26-60(27)48(65)28(2)51)50(67)58(3)38-23-56-45-33(46(38)61)22-35(52)42(44(45)55)43-36(54)10-9-11-40(43)68-19-8-6-4-5-7-16-59-17-14-29(15-18-59)31-20-30(53)21-32-34(31)25-62(49(32)66)37-12-13-41(63)57-47(37)64/h9-11,20-23,27,29,37,39H,2,4-8,12-19,24-26H2,1,3H3,(H,57,63,64)/t27-,37?,39-/m1/s1. The van der Waals surface area contributed by atoms with Crippen LogP contribution >= 0.6 is 23.2 Å². The number of nitrogens with zero attached hydrogens (tertiary/aromatic N) is 6. The molecule has 3 aromatic carbocycles. The number of hydrogen-bond acceptors (Lipinski definition) is 9. The van der Waals surface area contributed by atoms with Crippen molar-refractivity contribution in [1.82, 2.24) is 25.0 Å². The minimum absolute atomic E-state index is 0.0363. The average molecular weight is 975 g/mol. The van der Waals surface area contributed by atoms with E-state index >= 15 is 8.78 Å². The second-order valence-electron chi connectivity index (χ2n) is 18.5. The zero-order valence-electron chi connectivity index (χ0n) is 37.9. The summed E-state index contributed by atoms with van der Waals surface area (Å²) in [6.07, 6.45) is 7.97. The van der Waals surface area contributed by atoms with E-state index in [4.69, 9.17) is 27.9 Å². The van der Waals surface area contributed by atoms with Crippen LogP contribution in [-0.4, -0.2) is 114 Å². The Balaban J connectivity index is 0.781. The zero-order valence-corrected chi connectivity index (χ0v) is 39.4. The normalized spacial score (nSPS) is 21.0. The van der Waals surface area contributed by atoms with Crippen LogP contribution in [0.15, 0.2) is 54.2 Å². The van der Waals surface area contributed by atoms with Gasteiger partial charge in [-0.3, -0.25) is 34.3 Å². The van der Waals surface area contributed by atoms with Gasteiger partial charge in [-0.15, -0.1) is 0 Å². The number of halogens is 5. The van der Waals surface area contributed by atoms with Crippen LogP contribution in [0.5, 0.6) is 5.75 Å². The SMILES string of the molecule is C=C(Cl)C(=O)N1C[C@@H]2C(=O)N(C)c3cnc4c(F)c(-c5c(F)cccc5OCCCCCCCN5CCC(c6cc(F)cc7c6CN(C6CCC(=O)NC6=O)C7=O)CC5)c(Cl)cc4c3N2C[C@H]1C. The summed E-state index contributed by atoms with van der Waals surface area (Å²) in [6, 6.07) is 6.74. The van der Waals surface area contributed by atoms with E-state index in [9.17, 15) is 28.4 Å². The number of pyridine rings is 1.